The van der Waals surface area contributed by atoms with Gasteiger partial charge in [0.05, 0.1) is 18.2 Å². The molecular formula is C35H44F2N4O4. The number of carbonyl (C=O) groups excluding carboxylic acids is 3. The number of benzene rings is 3. The van der Waals surface area contributed by atoms with Crippen molar-refractivity contribution in [2.45, 2.75) is 71.7 Å². The normalized spacial score (nSPS) is 13.0. The number of hydrogen-bond donors (Lipinski definition) is 4. The SMILES string of the molecule is CCCN(CCC)C(=O)c1cc(C)cc(C(=O)N[C@@H](Cc2cc(F)cc(F)c2)[C@H](O)CN[C@@H](C)C(=O)NCc2ccccc2)c1. The average molecular weight is 623 g/mol. The Bertz CT molecular complexity index is 1410. The van der Waals surface area contributed by atoms with Gasteiger partial charge >= 0.3 is 0 Å². The predicted octanol–water partition coefficient (Wildman–Crippen LogP) is 4.53. The fraction of sp³-hybridized carbons (Fsp3) is 0.400. The standard InChI is InChI=1S/C35H44F2N4O4/c1-5-12-41(13-6-2)35(45)28-15-23(3)14-27(19-28)34(44)40-31(18-26-16-29(36)20-30(37)17-26)32(42)22-38-24(4)33(43)39-21-25-10-8-7-9-11-25/h7-11,14-17,19-20,24,31-32,38,42H,5-6,12-13,18,21-22H2,1-4H3,(H,39,43)(H,40,44)/t24-,31-,32+/m0/s1. The molecule has 0 aliphatic carbocycles. The van der Waals surface area contributed by atoms with E-state index >= 15 is 0 Å². The molecule has 4 N–H and O–H groups in total. The van der Waals surface area contributed by atoms with Crippen LogP contribution in [0.25, 0.3) is 0 Å². The highest BCUT2D eigenvalue weighted by atomic mass is 19.1. The highest BCUT2D eigenvalue weighted by Crippen LogP contribution is 2.16. The van der Waals surface area contributed by atoms with Crippen molar-refractivity contribution in [1.82, 2.24) is 20.9 Å². The number of rotatable bonds is 16. The van der Waals surface area contributed by atoms with Crippen LogP contribution in [-0.4, -0.2) is 65.5 Å². The highest BCUT2D eigenvalue weighted by Gasteiger charge is 2.25. The van der Waals surface area contributed by atoms with Crippen LogP contribution in [0.15, 0.2) is 66.7 Å². The van der Waals surface area contributed by atoms with E-state index in [0.29, 0.717) is 30.8 Å². The lowest BCUT2D eigenvalue weighted by Crippen LogP contribution is -2.52. The van der Waals surface area contributed by atoms with Crippen LogP contribution in [0.5, 0.6) is 0 Å². The highest BCUT2D eigenvalue weighted by molar-refractivity contribution is 6.00. The molecule has 0 saturated carbocycles. The number of amides is 3. The van der Waals surface area contributed by atoms with Gasteiger partial charge < -0.3 is 26.0 Å². The van der Waals surface area contributed by atoms with Gasteiger partial charge in [-0.2, -0.15) is 0 Å². The van der Waals surface area contributed by atoms with E-state index in [9.17, 15) is 28.3 Å². The Morgan fingerprint density at radius 3 is 2.11 bits per heavy atom. The van der Waals surface area contributed by atoms with E-state index in [1.807, 2.05) is 44.2 Å². The van der Waals surface area contributed by atoms with E-state index in [1.165, 1.54) is 6.07 Å². The second kappa shape index (κ2) is 17.4. The zero-order chi connectivity index (χ0) is 32.9. The van der Waals surface area contributed by atoms with Crippen molar-refractivity contribution >= 4 is 17.7 Å². The van der Waals surface area contributed by atoms with Crippen LogP contribution in [0, 0.1) is 18.6 Å². The Balaban J connectivity index is 1.76. The number of nitrogens with zero attached hydrogens (tertiary/aromatic N) is 1. The first-order chi connectivity index (χ1) is 21.5. The molecule has 0 aliphatic rings. The number of aliphatic hydroxyl groups is 1. The number of hydrogen-bond acceptors (Lipinski definition) is 5. The van der Waals surface area contributed by atoms with E-state index < -0.39 is 35.7 Å². The molecule has 3 atom stereocenters. The van der Waals surface area contributed by atoms with Crippen molar-refractivity contribution in [2.75, 3.05) is 19.6 Å². The molecule has 3 rings (SSSR count). The Morgan fingerprint density at radius 1 is 0.867 bits per heavy atom. The molecule has 0 fully saturated rings. The van der Waals surface area contributed by atoms with Gasteiger partial charge in [0.1, 0.15) is 11.6 Å². The summed E-state index contributed by atoms with van der Waals surface area (Å²) in [5.74, 6) is -2.57. The molecule has 8 nitrogen and oxygen atoms in total. The van der Waals surface area contributed by atoms with Crippen LogP contribution < -0.4 is 16.0 Å². The summed E-state index contributed by atoms with van der Waals surface area (Å²) >= 11 is 0. The van der Waals surface area contributed by atoms with Gasteiger partial charge in [-0.25, -0.2) is 8.78 Å². The van der Waals surface area contributed by atoms with Crippen LogP contribution in [0.3, 0.4) is 0 Å². The van der Waals surface area contributed by atoms with Crippen molar-refractivity contribution in [3.05, 3.63) is 106 Å². The minimum atomic E-state index is -1.24. The molecule has 0 aliphatic heterocycles. The predicted molar refractivity (Wildman–Crippen MR) is 171 cm³/mol. The second-order valence-corrected chi connectivity index (χ2v) is 11.3. The maximum absolute atomic E-state index is 14.0. The molecule has 45 heavy (non-hydrogen) atoms. The monoisotopic (exact) mass is 622 g/mol. The largest absolute Gasteiger partial charge is 0.390 e. The molecule has 3 aromatic carbocycles. The number of carbonyl (C=O) groups is 3. The van der Waals surface area contributed by atoms with Gasteiger partial charge in [0.15, 0.2) is 0 Å². The lowest BCUT2D eigenvalue weighted by molar-refractivity contribution is -0.123. The van der Waals surface area contributed by atoms with E-state index in [2.05, 4.69) is 16.0 Å². The summed E-state index contributed by atoms with van der Waals surface area (Å²) in [7, 11) is 0. The van der Waals surface area contributed by atoms with Gasteiger partial charge in [0, 0.05) is 43.4 Å². The summed E-state index contributed by atoms with van der Waals surface area (Å²) in [4.78, 5) is 41.2. The zero-order valence-electron chi connectivity index (χ0n) is 26.4. The smallest absolute Gasteiger partial charge is 0.253 e. The Labute approximate surface area is 264 Å². The molecule has 0 saturated heterocycles. The van der Waals surface area contributed by atoms with Gasteiger partial charge in [-0.05, 0) is 80.1 Å². The first-order valence-electron chi connectivity index (χ1n) is 15.4. The van der Waals surface area contributed by atoms with Crippen molar-refractivity contribution in [2.24, 2.45) is 0 Å². The summed E-state index contributed by atoms with van der Waals surface area (Å²) in [6.45, 7) is 8.85. The summed E-state index contributed by atoms with van der Waals surface area (Å²) in [5.41, 5.74) is 2.48. The Kier molecular flexibility index (Phi) is 13.6. The Hall–Kier alpha value is -4.15. The van der Waals surface area contributed by atoms with Crippen molar-refractivity contribution in [1.29, 1.82) is 0 Å². The third kappa shape index (κ3) is 11.1. The molecule has 0 radical (unpaired) electrons. The third-order valence-corrected chi connectivity index (χ3v) is 7.36. The molecule has 0 heterocycles. The molecule has 0 aromatic heterocycles. The number of nitrogens with one attached hydrogen (secondary N) is 3. The fourth-order valence-corrected chi connectivity index (χ4v) is 5.06. The van der Waals surface area contributed by atoms with Crippen LogP contribution >= 0.6 is 0 Å². The zero-order valence-corrected chi connectivity index (χ0v) is 26.4. The van der Waals surface area contributed by atoms with Crippen molar-refractivity contribution in [3.8, 4) is 0 Å². The molecule has 3 amide bonds. The molecule has 10 heteroatoms. The first kappa shape index (κ1) is 35.3. The summed E-state index contributed by atoms with van der Waals surface area (Å²) in [6.07, 6.45) is 0.273. The van der Waals surface area contributed by atoms with Crippen molar-refractivity contribution < 1.29 is 28.3 Å². The lowest BCUT2D eigenvalue weighted by Gasteiger charge is -2.26. The van der Waals surface area contributed by atoms with Gasteiger partial charge in [-0.3, -0.25) is 14.4 Å². The second-order valence-electron chi connectivity index (χ2n) is 11.3. The molecule has 3 aromatic rings. The first-order valence-corrected chi connectivity index (χ1v) is 15.4. The van der Waals surface area contributed by atoms with Gasteiger partial charge in [0.2, 0.25) is 5.91 Å². The van der Waals surface area contributed by atoms with E-state index in [4.69, 9.17) is 0 Å². The fourth-order valence-electron chi connectivity index (χ4n) is 5.06. The maximum Gasteiger partial charge on any atom is 0.253 e. The van der Waals surface area contributed by atoms with Crippen LogP contribution in [0.2, 0.25) is 0 Å². The van der Waals surface area contributed by atoms with Crippen LogP contribution in [0.1, 0.15) is 71.0 Å². The lowest BCUT2D eigenvalue weighted by atomic mass is 9.99. The minimum absolute atomic E-state index is 0.0871. The maximum atomic E-state index is 14.0. The summed E-state index contributed by atoms with van der Waals surface area (Å²) < 4.78 is 28.0. The number of aryl methyl sites for hydroxylation is 1. The topological polar surface area (TPSA) is 111 Å². The van der Waals surface area contributed by atoms with Gasteiger partial charge in [-0.1, -0.05) is 44.2 Å². The van der Waals surface area contributed by atoms with Gasteiger partial charge in [0.25, 0.3) is 11.8 Å². The third-order valence-electron chi connectivity index (χ3n) is 7.36. The molecule has 0 unspecified atom stereocenters. The molecular weight excluding hydrogens is 578 g/mol. The van der Waals surface area contributed by atoms with Crippen molar-refractivity contribution in [3.63, 3.8) is 0 Å². The van der Waals surface area contributed by atoms with Crippen LogP contribution in [-0.2, 0) is 17.8 Å². The number of halogens is 2. The molecule has 242 valence electrons. The van der Waals surface area contributed by atoms with Gasteiger partial charge in [-0.15, -0.1) is 0 Å². The van der Waals surface area contributed by atoms with E-state index in [1.54, 1.807) is 30.9 Å². The van der Waals surface area contributed by atoms with Crippen LogP contribution in [0.4, 0.5) is 8.78 Å². The molecule has 0 bridgehead atoms. The number of aliphatic hydroxyl groups excluding tert-OH is 1. The average Bonchev–Trinajstić information content (AvgIpc) is 3.01. The van der Waals surface area contributed by atoms with E-state index in [-0.39, 0.29) is 35.9 Å². The quantitative estimate of drug-likeness (QED) is 0.188. The van der Waals surface area contributed by atoms with E-state index in [0.717, 1.165) is 36.6 Å². The summed E-state index contributed by atoms with van der Waals surface area (Å²) in [6, 6.07) is 15.7. The molecule has 0 spiro atoms. The summed E-state index contributed by atoms with van der Waals surface area (Å²) in [5, 5.41) is 19.8. The Morgan fingerprint density at radius 2 is 1.49 bits per heavy atom. The minimum Gasteiger partial charge on any atom is -0.390 e.